The van der Waals surface area contributed by atoms with Crippen LogP contribution >= 0.6 is 0 Å². The number of nitrogens with zero attached hydrogens (tertiary/aromatic N) is 3. The van der Waals surface area contributed by atoms with Gasteiger partial charge in [-0.25, -0.2) is 8.42 Å². The van der Waals surface area contributed by atoms with Gasteiger partial charge < -0.3 is 9.80 Å². The lowest BCUT2D eigenvalue weighted by Gasteiger charge is -2.27. The summed E-state index contributed by atoms with van der Waals surface area (Å²) in [5.41, 5.74) is 1.62. The van der Waals surface area contributed by atoms with E-state index < -0.39 is 10.0 Å². The minimum atomic E-state index is -3.52. The van der Waals surface area contributed by atoms with Crippen molar-refractivity contribution in [2.45, 2.75) is 57.3 Å². The molecule has 0 aliphatic carbocycles. The highest BCUT2D eigenvalue weighted by atomic mass is 32.2. The summed E-state index contributed by atoms with van der Waals surface area (Å²) in [4.78, 5) is 28.9. The number of carbonyl (C=O) groups excluding carboxylic acids is 2. The topological polar surface area (TPSA) is 78.0 Å². The molecule has 8 heteroatoms. The van der Waals surface area contributed by atoms with Crippen molar-refractivity contribution in [3.05, 3.63) is 23.8 Å². The molecule has 7 nitrogen and oxygen atoms in total. The lowest BCUT2D eigenvalue weighted by Crippen LogP contribution is -2.43. The summed E-state index contributed by atoms with van der Waals surface area (Å²) in [6.45, 7) is 5.73. The Bertz CT molecular complexity index is 865. The second-order valence-corrected chi connectivity index (χ2v) is 9.59. The Morgan fingerprint density at radius 2 is 1.76 bits per heavy atom. The first kappa shape index (κ1) is 21.8. The second-order valence-electron chi connectivity index (χ2n) is 7.65. The molecule has 29 heavy (non-hydrogen) atoms. The maximum atomic E-state index is 12.9. The van der Waals surface area contributed by atoms with Crippen LogP contribution in [-0.4, -0.2) is 62.2 Å². The highest BCUT2D eigenvalue weighted by Gasteiger charge is 2.30. The predicted molar refractivity (Wildman–Crippen MR) is 112 cm³/mol. The Hall–Kier alpha value is -1.93. The van der Waals surface area contributed by atoms with Gasteiger partial charge in [-0.2, -0.15) is 4.31 Å². The maximum absolute atomic E-state index is 12.9. The Kier molecular flexibility index (Phi) is 6.95. The van der Waals surface area contributed by atoms with Crippen molar-refractivity contribution >= 4 is 27.5 Å². The van der Waals surface area contributed by atoms with Crippen LogP contribution in [0.5, 0.6) is 0 Å². The molecular formula is C21H31N3O4S. The van der Waals surface area contributed by atoms with Crippen molar-refractivity contribution in [1.82, 2.24) is 9.21 Å². The molecular weight excluding hydrogens is 390 g/mol. The van der Waals surface area contributed by atoms with Gasteiger partial charge in [-0.05, 0) is 43.0 Å². The van der Waals surface area contributed by atoms with Crippen molar-refractivity contribution in [3.8, 4) is 0 Å². The largest absolute Gasteiger partial charge is 0.333 e. The van der Waals surface area contributed by atoms with E-state index in [9.17, 15) is 18.0 Å². The summed E-state index contributed by atoms with van der Waals surface area (Å²) in [6.07, 6.45) is 5.12. The van der Waals surface area contributed by atoms with Crippen LogP contribution in [0.2, 0.25) is 0 Å². The SMILES string of the molecule is CCN(CC)S(=O)(=O)c1ccc2c(c1)CCN2C(=O)CN1CCCCCCC1=O. The van der Waals surface area contributed by atoms with E-state index in [2.05, 4.69) is 0 Å². The van der Waals surface area contributed by atoms with E-state index in [1.165, 1.54) is 4.31 Å². The molecule has 160 valence electrons. The van der Waals surface area contributed by atoms with Crippen LogP contribution in [0.1, 0.15) is 51.5 Å². The molecule has 0 saturated carbocycles. The molecule has 0 N–H and O–H groups in total. The Morgan fingerprint density at radius 1 is 1.03 bits per heavy atom. The van der Waals surface area contributed by atoms with Crippen molar-refractivity contribution < 1.29 is 18.0 Å². The number of hydrogen-bond donors (Lipinski definition) is 0. The Balaban J connectivity index is 1.75. The third kappa shape index (κ3) is 4.64. The molecule has 2 heterocycles. The molecule has 1 fully saturated rings. The first-order valence-electron chi connectivity index (χ1n) is 10.6. The number of benzene rings is 1. The molecule has 2 aliphatic rings. The van der Waals surface area contributed by atoms with Crippen LogP contribution in [0.25, 0.3) is 0 Å². The standard InChI is InChI=1S/C21H31N3O4S/c1-3-23(4-2)29(27,28)18-10-11-19-17(15-18)12-14-24(19)21(26)16-22-13-8-6-5-7-9-20(22)25/h10-11,15H,3-9,12-14,16H2,1-2H3. The molecule has 1 saturated heterocycles. The summed E-state index contributed by atoms with van der Waals surface area (Å²) in [7, 11) is -3.52. The van der Waals surface area contributed by atoms with Crippen LogP contribution in [0.4, 0.5) is 5.69 Å². The van der Waals surface area contributed by atoms with E-state index in [0.29, 0.717) is 39.0 Å². The smallest absolute Gasteiger partial charge is 0.246 e. The first-order valence-corrected chi connectivity index (χ1v) is 12.0. The summed E-state index contributed by atoms with van der Waals surface area (Å²) >= 11 is 0. The number of sulfonamides is 1. The normalized spacial score (nSPS) is 18.0. The predicted octanol–water partition coefficient (Wildman–Crippen LogP) is 2.40. The lowest BCUT2D eigenvalue weighted by atomic mass is 10.1. The van der Waals surface area contributed by atoms with Gasteiger partial charge in [0.1, 0.15) is 6.54 Å². The van der Waals surface area contributed by atoms with E-state index in [4.69, 9.17) is 0 Å². The van der Waals surface area contributed by atoms with Crippen LogP contribution in [-0.2, 0) is 26.0 Å². The fourth-order valence-electron chi connectivity index (χ4n) is 4.14. The number of rotatable bonds is 6. The molecule has 0 aromatic heterocycles. The average molecular weight is 422 g/mol. The molecule has 2 aliphatic heterocycles. The van der Waals surface area contributed by atoms with Gasteiger partial charge in [0.15, 0.2) is 0 Å². The van der Waals surface area contributed by atoms with Crippen LogP contribution in [0, 0.1) is 0 Å². The van der Waals surface area contributed by atoms with Gasteiger partial charge in [0.25, 0.3) is 0 Å². The van der Waals surface area contributed by atoms with E-state index in [1.807, 2.05) is 13.8 Å². The zero-order valence-electron chi connectivity index (χ0n) is 17.4. The summed E-state index contributed by atoms with van der Waals surface area (Å²) in [5.74, 6) is -0.0462. The molecule has 0 radical (unpaired) electrons. The maximum Gasteiger partial charge on any atom is 0.246 e. The summed E-state index contributed by atoms with van der Waals surface area (Å²) in [5, 5.41) is 0. The number of fused-ring (bicyclic) bond motifs is 1. The van der Waals surface area contributed by atoms with Gasteiger partial charge in [-0.15, -0.1) is 0 Å². The van der Waals surface area contributed by atoms with Crippen LogP contribution in [0.3, 0.4) is 0 Å². The lowest BCUT2D eigenvalue weighted by molar-refractivity contribution is -0.135. The van der Waals surface area contributed by atoms with Crippen molar-refractivity contribution in [2.75, 3.05) is 37.6 Å². The minimum Gasteiger partial charge on any atom is -0.333 e. The molecule has 0 unspecified atom stereocenters. The Labute approximate surface area is 173 Å². The summed E-state index contributed by atoms with van der Waals surface area (Å²) < 4.78 is 27.0. The summed E-state index contributed by atoms with van der Waals surface area (Å²) in [6, 6.07) is 5.00. The molecule has 1 aromatic rings. The molecule has 0 spiro atoms. The van der Waals surface area contributed by atoms with E-state index in [-0.39, 0.29) is 23.3 Å². The zero-order chi connectivity index (χ0) is 21.0. The Morgan fingerprint density at radius 3 is 2.48 bits per heavy atom. The molecule has 1 aromatic carbocycles. The molecule has 0 bridgehead atoms. The van der Waals surface area contributed by atoms with Crippen LogP contribution in [0.15, 0.2) is 23.1 Å². The van der Waals surface area contributed by atoms with Gasteiger partial charge in [0.2, 0.25) is 21.8 Å². The van der Waals surface area contributed by atoms with Crippen LogP contribution < -0.4 is 4.90 Å². The van der Waals surface area contributed by atoms with E-state index in [1.54, 1.807) is 28.0 Å². The number of likely N-dealkylation sites (tertiary alicyclic amines) is 1. The zero-order valence-corrected chi connectivity index (χ0v) is 18.2. The average Bonchev–Trinajstić information content (AvgIpc) is 3.12. The second kappa shape index (κ2) is 9.26. The molecule has 3 rings (SSSR count). The minimum absolute atomic E-state index is 0.0538. The first-order chi connectivity index (χ1) is 13.9. The van der Waals surface area contributed by atoms with E-state index in [0.717, 1.165) is 36.9 Å². The number of hydrogen-bond acceptors (Lipinski definition) is 4. The highest BCUT2D eigenvalue weighted by molar-refractivity contribution is 7.89. The fraction of sp³-hybridized carbons (Fsp3) is 0.619. The molecule has 2 amide bonds. The quantitative estimate of drug-likeness (QED) is 0.707. The highest BCUT2D eigenvalue weighted by Crippen LogP contribution is 2.31. The number of carbonyl (C=O) groups is 2. The molecule has 0 atom stereocenters. The number of amides is 2. The van der Waals surface area contributed by atoms with Gasteiger partial charge in [0.05, 0.1) is 4.90 Å². The van der Waals surface area contributed by atoms with Gasteiger partial charge >= 0.3 is 0 Å². The van der Waals surface area contributed by atoms with Gasteiger partial charge in [-0.1, -0.05) is 26.7 Å². The van der Waals surface area contributed by atoms with Crippen molar-refractivity contribution in [3.63, 3.8) is 0 Å². The fourth-order valence-corrected chi connectivity index (χ4v) is 5.65. The van der Waals surface area contributed by atoms with E-state index >= 15 is 0 Å². The monoisotopic (exact) mass is 421 g/mol. The number of anilines is 1. The van der Waals surface area contributed by atoms with Crippen molar-refractivity contribution in [2.24, 2.45) is 0 Å². The van der Waals surface area contributed by atoms with Gasteiger partial charge in [-0.3, -0.25) is 9.59 Å². The third-order valence-electron chi connectivity index (χ3n) is 5.84. The van der Waals surface area contributed by atoms with Crippen molar-refractivity contribution in [1.29, 1.82) is 0 Å². The van der Waals surface area contributed by atoms with Gasteiger partial charge in [0, 0.05) is 38.3 Å². The third-order valence-corrected chi connectivity index (χ3v) is 7.88.